The van der Waals surface area contributed by atoms with Crippen molar-refractivity contribution in [3.63, 3.8) is 0 Å². The van der Waals surface area contributed by atoms with Gasteiger partial charge >= 0.3 is 0 Å². The van der Waals surface area contributed by atoms with E-state index in [0.717, 1.165) is 5.56 Å². The molecule has 0 unspecified atom stereocenters. The summed E-state index contributed by atoms with van der Waals surface area (Å²) in [4.78, 5) is 13.8. The molecule has 0 heterocycles. The maximum Gasteiger partial charge on any atom is 0.253 e. The van der Waals surface area contributed by atoms with Crippen molar-refractivity contribution in [1.29, 1.82) is 0 Å². The summed E-state index contributed by atoms with van der Waals surface area (Å²) in [5, 5.41) is 5.17. The Bertz CT molecular complexity index is 804. The van der Waals surface area contributed by atoms with Gasteiger partial charge in [-0.25, -0.2) is 13.6 Å². The van der Waals surface area contributed by atoms with Crippen molar-refractivity contribution in [2.24, 2.45) is 5.14 Å². The summed E-state index contributed by atoms with van der Waals surface area (Å²) < 4.78 is 28.2. The van der Waals surface area contributed by atoms with Gasteiger partial charge < -0.3 is 9.64 Å². The minimum atomic E-state index is -3.98. The van der Waals surface area contributed by atoms with Crippen LogP contribution >= 0.6 is 0 Å². The first-order valence-corrected chi connectivity index (χ1v) is 8.38. The lowest BCUT2D eigenvalue weighted by Gasteiger charge is -2.18. The van der Waals surface area contributed by atoms with Gasteiger partial charge in [0, 0.05) is 19.2 Å². The van der Waals surface area contributed by atoms with Crippen LogP contribution in [0.5, 0.6) is 5.75 Å². The molecule has 0 spiro atoms. The molecule has 0 aliphatic carbocycles. The minimum absolute atomic E-state index is 0.106. The van der Waals surface area contributed by atoms with E-state index in [2.05, 4.69) is 0 Å². The standard InChI is InChI=1S/C16H18N2O4S/c1-18(11-12-6-4-3-5-7-12)16(19)13-8-9-14(22-2)15(10-13)23(17,20)21/h3-10H,11H2,1-2H3,(H2,17,20,21). The molecule has 6 nitrogen and oxygen atoms in total. The SMILES string of the molecule is COc1ccc(C(=O)N(C)Cc2ccccc2)cc1S(N)(=O)=O. The molecule has 2 N–H and O–H groups in total. The van der Waals surface area contributed by atoms with Crippen LogP contribution in [-0.2, 0) is 16.6 Å². The van der Waals surface area contributed by atoms with Gasteiger partial charge in [0.1, 0.15) is 10.6 Å². The van der Waals surface area contributed by atoms with Crippen LogP contribution in [0.4, 0.5) is 0 Å². The molecule has 0 aliphatic heterocycles. The molecule has 0 aromatic heterocycles. The highest BCUT2D eigenvalue weighted by Gasteiger charge is 2.19. The van der Waals surface area contributed by atoms with Crippen molar-refractivity contribution in [3.05, 3.63) is 59.7 Å². The molecule has 0 saturated heterocycles. The van der Waals surface area contributed by atoms with Gasteiger partial charge in [-0.3, -0.25) is 4.79 Å². The number of primary sulfonamides is 1. The van der Waals surface area contributed by atoms with Gasteiger partial charge in [-0.1, -0.05) is 30.3 Å². The van der Waals surface area contributed by atoms with Crippen LogP contribution in [0.15, 0.2) is 53.4 Å². The number of nitrogens with zero attached hydrogens (tertiary/aromatic N) is 1. The van der Waals surface area contributed by atoms with E-state index in [-0.39, 0.29) is 22.1 Å². The fourth-order valence-corrected chi connectivity index (χ4v) is 2.90. The molecule has 2 aromatic carbocycles. The van der Waals surface area contributed by atoms with Gasteiger partial charge in [0.15, 0.2) is 0 Å². The largest absolute Gasteiger partial charge is 0.495 e. The number of nitrogens with two attached hydrogens (primary N) is 1. The molecule has 7 heteroatoms. The van der Waals surface area contributed by atoms with E-state index in [9.17, 15) is 13.2 Å². The van der Waals surface area contributed by atoms with Gasteiger partial charge in [0.05, 0.1) is 7.11 Å². The number of hydrogen-bond acceptors (Lipinski definition) is 4. The molecule has 0 saturated carbocycles. The van der Waals surface area contributed by atoms with Crippen LogP contribution in [-0.4, -0.2) is 33.4 Å². The maximum atomic E-state index is 12.5. The Labute approximate surface area is 135 Å². The van der Waals surface area contributed by atoms with Crippen molar-refractivity contribution in [1.82, 2.24) is 4.90 Å². The number of carbonyl (C=O) groups excluding carboxylic acids is 1. The zero-order chi connectivity index (χ0) is 17.0. The summed E-state index contributed by atoms with van der Waals surface area (Å²) >= 11 is 0. The van der Waals surface area contributed by atoms with Crippen molar-refractivity contribution >= 4 is 15.9 Å². The molecule has 23 heavy (non-hydrogen) atoms. The highest BCUT2D eigenvalue weighted by Crippen LogP contribution is 2.24. The first-order valence-electron chi connectivity index (χ1n) is 6.83. The molecular weight excluding hydrogens is 316 g/mol. The molecule has 1 amide bonds. The molecule has 0 bridgehead atoms. The van der Waals surface area contributed by atoms with Crippen LogP contribution < -0.4 is 9.88 Å². The Morgan fingerprint density at radius 2 is 1.83 bits per heavy atom. The average Bonchev–Trinajstić information content (AvgIpc) is 2.53. The minimum Gasteiger partial charge on any atom is -0.495 e. The number of sulfonamides is 1. The normalized spacial score (nSPS) is 11.1. The van der Waals surface area contributed by atoms with Crippen LogP contribution in [0, 0.1) is 0 Å². The lowest BCUT2D eigenvalue weighted by Crippen LogP contribution is -2.26. The lowest BCUT2D eigenvalue weighted by atomic mass is 10.1. The number of hydrogen-bond donors (Lipinski definition) is 1. The summed E-state index contributed by atoms with van der Waals surface area (Å²) in [7, 11) is -0.993. The Kier molecular flexibility index (Phi) is 5.02. The molecule has 0 radical (unpaired) electrons. The number of rotatable bonds is 5. The van der Waals surface area contributed by atoms with E-state index < -0.39 is 10.0 Å². The van der Waals surface area contributed by atoms with Crippen molar-refractivity contribution in [2.75, 3.05) is 14.2 Å². The van der Waals surface area contributed by atoms with Crippen molar-refractivity contribution in [3.8, 4) is 5.75 Å². The highest BCUT2D eigenvalue weighted by molar-refractivity contribution is 7.89. The summed E-state index contributed by atoms with van der Waals surface area (Å²) in [6.45, 7) is 0.413. The third-order valence-electron chi connectivity index (χ3n) is 3.33. The van der Waals surface area contributed by atoms with E-state index in [1.54, 1.807) is 7.05 Å². The molecule has 122 valence electrons. The second kappa shape index (κ2) is 6.80. The molecule has 0 fully saturated rings. The van der Waals surface area contributed by atoms with Crippen LogP contribution in [0.3, 0.4) is 0 Å². The van der Waals surface area contributed by atoms with Crippen molar-refractivity contribution in [2.45, 2.75) is 11.4 Å². The lowest BCUT2D eigenvalue weighted by molar-refractivity contribution is 0.0785. The average molecular weight is 334 g/mol. The second-order valence-electron chi connectivity index (χ2n) is 5.06. The quantitative estimate of drug-likeness (QED) is 0.899. The van der Waals surface area contributed by atoms with E-state index in [0.29, 0.717) is 6.54 Å². The van der Waals surface area contributed by atoms with E-state index >= 15 is 0 Å². The number of amides is 1. The summed E-state index contributed by atoms with van der Waals surface area (Å²) in [6, 6.07) is 13.7. The van der Waals surface area contributed by atoms with Gasteiger partial charge in [-0.2, -0.15) is 0 Å². The second-order valence-corrected chi connectivity index (χ2v) is 6.59. The summed E-state index contributed by atoms with van der Waals surface area (Å²) in [5.41, 5.74) is 1.21. The fraction of sp³-hybridized carbons (Fsp3) is 0.188. The Balaban J connectivity index is 2.29. The summed E-state index contributed by atoms with van der Waals surface area (Å²) in [6.07, 6.45) is 0. The first kappa shape index (κ1) is 17.0. The maximum absolute atomic E-state index is 12.5. The third kappa shape index (κ3) is 4.08. The van der Waals surface area contributed by atoms with Gasteiger partial charge in [-0.15, -0.1) is 0 Å². The zero-order valence-corrected chi connectivity index (χ0v) is 13.7. The van der Waals surface area contributed by atoms with E-state index in [1.807, 2.05) is 30.3 Å². The van der Waals surface area contributed by atoms with Crippen molar-refractivity contribution < 1.29 is 17.9 Å². The number of methoxy groups -OCH3 is 1. The predicted molar refractivity (Wildman–Crippen MR) is 86.6 cm³/mol. The Morgan fingerprint density at radius 1 is 1.17 bits per heavy atom. The van der Waals surface area contributed by atoms with Gasteiger partial charge in [0.25, 0.3) is 5.91 Å². The number of carbonyl (C=O) groups is 1. The molecule has 0 atom stereocenters. The van der Waals surface area contributed by atoms with Gasteiger partial charge in [0.2, 0.25) is 10.0 Å². The summed E-state index contributed by atoms with van der Waals surface area (Å²) in [5.74, 6) is -0.198. The van der Waals surface area contributed by atoms with Crippen LogP contribution in [0.1, 0.15) is 15.9 Å². The fourth-order valence-electron chi connectivity index (χ4n) is 2.18. The Hall–Kier alpha value is -2.38. The van der Waals surface area contributed by atoms with Gasteiger partial charge in [-0.05, 0) is 23.8 Å². The van der Waals surface area contributed by atoms with Crippen LogP contribution in [0.25, 0.3) is 0 Å². The third-order valence-corrected chi connectivity index (χ3v) is 4.26. The zero-order valence-electron chi connectivity index (χ0n) is 12.9. The number of benzene rings is 2. The smallest absolute Gasteiger partial charge is 0.253 e. The first-order chi connectivity index (χ1) is 10.8. The highest BCUT2D eigenvalue weighted by atomic mass is 32.2. The van der Waals surface area contributed by atoms with E-state index in [4.69, 9.17) is 9.88 Å². The topological polar surface area (TPSA) is 89.7 Å². The molecule has 0 aliphatic rings. The number of ether oxygens (including phenoxy) is 1. The Morgan fingerprint density at radius 3 is 2.39 bits per heavy atom. The predicted octanol–water partition coefficient (Wildman–Crippen LogP) is 1.61. The van der Waals surface area contributed by atoms with E-state index in [1.165, 1.54) is 30.2 Å². The molecule has 2 rings (SSSR count). The molecule has 2 aromatic rings. The monoisotopic (exact) mass is 334 g/mol. The van der Waals surface area contributed by atoms with Crippen LogP contribution in [0.2, 0.25) is 0 Å². The molecular formula is C16H18N2O4S.